The Morgan fingerprint density at radius 2 is 2.44 bits per heavy atom. The molecule has 84 valence electrons. The molecule has 0 unspecified atom stereocenters. The monoisotopic (exact) mass is 219 g/mol. The number of carbonyl (C=O) groups excluding carboxylic acids is 1. The number of anilines is 1. The zero-order chi connectivity index (χ0) is 11.5. The van der Waals surface area contributed by atoms with Crippen LogP contribution in [0.3, 0.4) is 0 Å². The van der Waals surface area contributed by atoms with Crippen molar-refractivity contribution >= 4 is 11.8 Å². The molecule has 0 bridgehead atoms. The van der Waals surface area contributed by atoms with E-state index in [0.717, 1.165) is 12.8 Å². The van der Waals surface area contributed by atoms with Gasteiger partial charge in [0, 0.05) is 13.1 Å². The Morgan fingerprint density at radius 3 is 3.00 bits per heavy atom. The molecule has 2 amide bonds. The summed E-state index contributed by atoms with van der Waals surface area (Å²) in [5.41, 5.74) is 0.367. The summed E-state index contributed by atoms with van der Waals surface area (Å²) in [4.78, 5) is 11.6. The number of amides is 2. The van der Waals surface area contributed by atoms with Gasteiger partial charge in [-0.1, -0.05) is 0 Å². The van der Waals surface area contributed by atoms with E-state index in [1.807, 2.05) is 6.07 Å². The Morgan fingerprint density at radius 1 is 1.69 bits per heavy atom. The molecule has 1 heterocycles. The molecule has 1 aromatic heterocycles. The predicted molar refractivity (Wildman–Crippen MR) is 57.7 cm³/mol. The number of carbonyl (C=O) groups is 1. The molecule has 1 aliphatic carbocycles. The number of aryl methyl sites for hydroxylation is 1. The van der Waals surface area contributed by atoms with Crippen LogP contribution >= 0.6 is 0 Å². The van der Waals surface area contributed by atoms with E-state index in [0.29, 0.717) is 11.4 Å². The predicted octanol–water partition coefficient (Wildman–Crippen LogP) is 0.966. The highest BCUT2D eigenvalue weighted by molar-refractivity contribution is 5.89. The SMILES string of the molecule is Cn1ncc(C#N)c1NC(=O)NC1CCC1. The van der Waals surface area contributed by atoms with Crippen molar-refractivity contribution < 1.29 is 4.79 Å². The van der Waals surface area contributed by atoms with Crippen LogP contribution in [0.1, 0.15) is 24.8 Å². The minimum absolute atomic E-state index is 0.273. The van der Waals surface area contributed by atoms with Gasteiger partial charge in [0.05, 0.1) is 6.20 Å². The van der Waals surface area contributed by atoms with E-state index < -0.39 is 0 Å². The van der Waals surface area contributed by atoms with Crippen LogP contribution in [0.15, 0.2) is 6.20 Å². The average molecular weight is 219 g/mol. The van der Waals surface area contributed by atoms with Crippen molar-refractivity contribution in [3.05, 3.63) is 11.8 Å². The maximum Gasteiger partial charge on any atom is 0.320 e. The lowest BCUT2D eigenvalue weighted by Gasteiger charge is -2.26. The van der Waals surface area contributed by atoms with Gasteiger partial charge in [0.15, 0.2) is 0 Å². The lowest BCUT2D eigenvalue weighted by Crippen LogP contribution is -2.42. The molecule has 1 fully saturated rings. The summed E-state index contributed by atoms with van der Waals surface area (Å²) in [5.74, 6) is 0.430. The average Bonchev–Trinajstić information content (AvgIpc) is 2.54. The fourth-order valence-corrected chi connectivity index (χ4v) is 1.55. The van der Waals surface area contributed by atoms with Gasteiger partial charge in [-0.05, 0) is 19.3 Å². The van der Waals surface area contributed by atoms with E-state index in [4.69, 9.17) is 5.26 Å². The van der Waals surface area contributed by atoms with Gasteiger partial charge in [-0.3, -0.25) is 10.00 Å². The fourth-order valence-electron chi connectivity index (χ4n) is 1.55. The normalized spacial score (nSPS) is 15.0. The lowest BCUT2D eigenvalue weighted by molar-refractivity contribution is 0.240. The second-order valence-corrected chi connectivity index (χ2v) is 3.87. The summed E-state index contributed by atoms with van der Waals surface area (Å²) in [6, 6.07) is 1.98. The Labute approximate surface area is 93.2 Å². The van der Waals surface area contributed by atoms with Crippen molar-refractivity contribution in [3.63, 3.8) is 0 Å². The first-order valence-electron chi connectivity index (χ1n) is 5.20. The minimum Gasteiger partial charge on any atom is -0.335 e. The number of aromatic nitrogens is 2. The summed E-state index contributed by atoms with van der Waals surface area (Å²) in [6.45, 7) is 0. The summed E-state index contributed by atoms with van der Waals surface area (Å²) in [5, 5.41) is 18.2. The van der Waals surface area contributed by atoms with Crippen LogP contribution in [0.2, 0.25) is 0 Å². The van der Waals surface area contributed by atoms with E-state index >= 15 is 0 Å². The van der Waals surface area contributed by atoms with Gasteiger partial charge in [-0.15, -0.1) is 0 Å². The summed E-state index contributed by atoms with van der Waals surface area (Å²) >= 11 is 0. The van der Waals surface area contributed by atoms with Gasteiger partial charge in [0.25, 0.3) is 0 Å². The maximum absolute atomic E-state index is 11.6. The zero-order valence-electron chi connectivity index (χ0n) is 9.03. The second-order valence-electron chi connectivity index (χ2n) is 3.87. The van der Waals surface area contributed by atoms with Gasteiger partial charge in [-0.25, -0.2) is 4.79 Å². The molecule has 2 rings (SSSR count). The van der Waals surface area contributed by atoms with E-state index in [-0.39, 0.29) is 12.1 Å². The van der Waals surface area contributed by atoms with Crippen molar-refractivity contribution in [2.75, 3.05) is 5.32 Å². The van der Waals surface area contributed by atoms with Crippen LogP contribution < -0.4 is 10.6 Å². The van der Waals surface area contributed by atoms with Crippen LogP contribution in [0.4, 0.5) is 10.6 Å². The van der Waals surface area contributed by atoms with Gasteiger partial charge in [0.1, 0.15) is 17.5 Å². The van der Waals surface area contributed by atoms with Crippen LogP contribution in [0.5, 0.6) is 0 Å². The number of rotatable bonds is 2. The molecule has 1 aromatic rings. The molecule has 0 saturated heterocycles. The Bertz CT molecular complexity index is 441. The van der Waals surface area contributed by atoms with Crippen LogP contribution in [0, 0.1) is 11.3 Å². The van der Waals surface area contributed by atoms with Crippen molar-refractivity contribution in [2.45, 2.75) is 25.3 Å². The molecule has 2 N–H and O–H groups in total. The molecule has 16 heavy (non-hydrogen) atoms. The molecule has 1 aliphatic rings. The molecule has 0 radical (unpaired) electrons. The van der Waals surface area contributed by atoms with Gasteiger partial charge >= 0.3 is 6.03 Å². The van der Waals surface area contributed by atoms with Crippen molar-refractivity contribution in [2.24, 2.45) is 7.05 Å². The highest BCUT2D eigenvalue weighted by Crippen LogP contribution is 2.18. The third-order valence-electron chi connectivity index (χ3n) is 2.73. The van der Waals surface area contributed by atoms with E-state index in [1.54, 1.807) is 7.05 Å². The fraction of sp³-hybridized carbons (Fsp3) is 0.500. The largest absolute Gasteiger partial charge is 0.335 e. The number of nitriles is 1. The highest BCUT2D eigenvalue weighted by atomic mass is 16.2. The van der Waals surface area contributed by atoms with E-state index in [9.17, 15) is 4.79 Å². The molecule has 6 heteroatoms. The van der Waals surface area contributed by atoms with E-state index in [1.165, 1.54) is 17.3 Å². The Kier molecular flexibility index (Phi) is 2.77. The first-order chi connectivity index (χ1) is 7.70. The second kappa shape index (κ2) is 4.23. The molecule has 0 spiro atoms. The van der Waals surface area contributed by atoms with E-state index in [2.05, 4.69) is 15.7 Å². The van der Waals surface area contributed by atoms with Crippen molar-refractivity contribution in [1.29, 1.82) is 5.26 Å². The molecule has 6 nitrogen and oxygen atoms in total. The van der Waals surface area contributed by atoms with Gasteiger partial charge in [0.2, 0.25) is 0 Å². The Hall–Kier alpha value is -2.03. The standard InChI is InChI=1S/C10H13N5O/c1-15-9(7(5-11)6-12-15)14-10(16)13-8-3-2-4-8/h6,8H,2-4H2,1H3,(H2,13,14,16). The maximum atomic E-state index is 11.6. The minimum atomic E-state index is -0.273. The summed E-state index contributed by atoms with van der Waals surface area (Å²) in [6.07, 6.45) is 4.66. The number of nitrogens with one attached hydrogen (secondary N) is 2. The van der Waals surface area contributed by atoms with Crippen LogP contribution in [-0.4, -0.2) is 21.9 Å². The first-order valence-corrected chi connectivity index (χ1v) is 5.20. The molecule has 0 aromatic carbocycles. The van der Waals surface area contributed by atoms with Crippen molar-refractivity contribution in [1.82, 2.24) is 15.1 Å². The number of urea groups is 1. The quantitative estimate of drug-likeness (QED) is 0.777. The summed E-state index contributed by atoms with van der Waals surface area (Å²) in [7, 11) is 1.68. The molecule has 1 saturated carbocycles. The van der Waals surface area contributed by atoms with Gasteiger partial charge in [-0.2, -0.15) is 10.4 Å². The zero-order valence-corrected chi connectivity index (χ0v) is 9.03. The van der Waals surface area contributed by atoms with Gasteiger partial charge < -0.3 is 5.32 Å². The number of nitrogens with zero attached hydrogens (tertiary/aromatic N) is 3. The molecule has 0 aliphatic heterocycles. The summed E-state index contributed by atoms with van der Waals surface area (Å²) < 4.78 is 1.47. The van der Waals surface area contributed by atoms with Crippen molar-refractivity contribution in [3.8, 4) is 6.07 Å². The number of hydrogen-bond donors (Lipinski definition) is 2. The highest BCUT2D eigenvalue weighted by Gasteiger charge is 2.20. The third-order valence-corrected chi connectivity index (χ3v) is 2.73. The smallest absolute Gasteiger partial charge is 0.320 e. The van der Waals surface area contributed by atoms with Crippen LogP contribution in [0.25, 0.3) is 0 Å². The topological polar surface area (TPSA) is 82.7 Å². The lowest BCUT2D eigenvalue weighted by atomic mass is 9.93. The molecular formula is C10H13N5O. The third kappa shape index (κ3) is 1.98. The molecule has 0 atom stereocenters. The number of hydrogen-bond acceptors (Lipinski definition) is 3. The first kappa shape index (κ1) is 10.5. The Balaban J connectivity index is 1.99. The van der Waals surface area contributed by atoms with Crippen LogP contribution in [-0.2, 0) is 7.05 Å². The molecular weight excluding hydrogens is 206 g/mol.